The van der Waals surface area contributed by atoms with E-state index < -0.39 is 0 Å². The van der Waals surface area contributed by atoms with Crippen LogP contribution in [0.1, 0.15) is 28.9 Å². The van der Waals surface area contributed by atoms with Gasteiger partial charge in [-0.15, -0.1) is 0 Å². The first kappa shape index (κ1) is 14.5. The average Bonchev–Trinajstić information content (AvgIpc) is 2.55. The topological polar surface area (TPSA) is 62.4 Å². The molecular weight excluding hydrogens is 280 g/mol. The number of pyridine rings is 1. The third-order valence-corrected chi connectivity index (χ3v) is 3.77. The number of rotatable bonds is 2. The van der Waals surface area contributed by atoms with Crippen LogP contribution in [0.25, 0.3) is 0 Å². The fourth-order valence-electron chi connectivity index (χ4n) is 2.73. The molecule has 1 aliphatic rings. The van der Waals surface area contributed by atoms with Crippen molar-refractivity contribution in [3.8, 4) is 0 Å². The molecule has 0 radical (unpaired) electrons. The van der Waals surface area contributed by atoms with Crippen LogP contribution in [0.4, 0.5) is 0 Å². The van der Waals surface area contributed by atoms with Gasteiger partial charge in [0.25, 0.3) is 11.5 Å². The fourth-order valence-corrected chi connectivity index (χ4v) is 2.73. The van der Waals surface area contributed by atoms with Crippen molar-refractivity contribution in [2.24, 2.45) is 0 Å². The molecule has 0 saturated carbocycles. The molecule has 114 valence electrons. The smallest absolute Gasteiger partial charge is 0.260 e. The van der Waals surface area contributed by atoms with Gasteiger partial charge >= 0.3 is 0 Å². The molecule has 2 aromatic rings. The number of morpholine rings is 1. The number of ether oxygens (including phenoxy) is 1. The van der Waals surface area contributed by atoms with Gasteiger partial charge in [0.1, 0.15) is 11.7 Å². The van der Waals surface area contributed by atoms with Crippen molar-refractivity contribution in [3.63, 3.8) is 0 Å². The standard InChI is InChI=1S/C17H18N2O3/c1-12-10-19(17(21)14-8-5-9-18-16(14)20)11-15(22-12)13-6-3-2-4-7-13/h2-9,12,15H,10-11H2,1H3,(H,18,20)/t12-,15-/m1/s1. The van der Waals surface area contributed by atoms with Gasteiger partial charge < -0.3 is 14.6 Å². The maximum atomic E-state index is 12.6. The molecule has 1 aromatic carbocycles. The van der Waals surface area contributed by atoms with Crippen molar-refractivity contribution >= 4 is 5.91 Å². The lowest BCUT2D eigenvalue weighted by Crippen LogP contribution is -2.47. The molecule has 5 heteroatoms. The second-order valence-electron chi connectivity index (χ2n) is 5.47. The Balaban J connectivity index is 1.84. The van der Waals surface area contributed by atoms with E-state index in [9.17, 15) is 9.59 Å². The maximum absolute atomic E-state index is 12.6. The molecule has 2 atom stereocenters. The van der Waals surface area contributed by atoms with Crippen LogP contribution in [-0.2, 0) is 4.74 Å². The molecule has 22 heavy (non-hydrogen) atoms. The number of nitrogens with zero attached hydrogens (tertiary/aromatic N) is 1. The first-order chi connectivity index (χ1) is 10.6. The van der Waals surface area contributed by atoms with Crippen LogP contribution < -0.4 is 5.56 Å². The molecule has 2 heterocycles. The van der Waals surface area contributed by atoms with Crippen LogP contribution in [-0.4, -0.2) is 35.0 Å². The largest absolute Gasteiger partial charge is 0.367 e. The highest BCUT2D eigenvalue weighted by Crippen LogP contribution is 2.25. The Hall–Kier alpha value is -2.40. The minimum Gasteiger partial charge on any atom is -0.367 e. The van der Waals surface area contributed by atoms with Crippen molar-refractivity contribution < 1.29 is 9.53 Å². The molecule has 1 N–H and O–H groups in total. The molecule has 0 aliphatic carbocycles. The highest BCUT2D eigenvalue weighted by Gasteiger charge is 2.30. The number of aromatic nitrogens is 1. The molecule has 0 bridgehead atoms. The van der Waals surface area contributed by atoms with Gasteiger partial charge in [0, 0.05) is 12.7 Å². The maximum Gasteiger partial charge on any atom is 0.260 e. The number of benzene rings is 1. The number of aromatic amines is 1. The molecule has 1 amide bonds. The van der Waals surface area contributed by atoms with E-state index in [0.717, 1.165) is 5.56 Å². The first-order valence-electron chi connectivity index (χ1n) is 7.32. The minimum absolute atomic E-state index is 0.0781. The Bertz CT molecular complexity index is 711. The van der Waals surface area contributed by atoms with Crippen molar-refractivity contribution in [2.45, 2.75) is 19.1 Å². The Labute approximate surface area is 128 Å². The summed E-state index contributed by atoms with van der Waals surface area (Å²) in [5.74, 6) is -0.252. The van der Waals surface area contributed by atoms with Crippen molar-refractivity contribution in [3.05, 3.63) is 70.1 Å². The van der Waals surface area contributed by atoms with Crippen LogP contribution in [0.5, 0.6) is 0 Å². The summed E-state index contributed by atoms with van der Waals surface area (Å²) in [6, 6.07) is 13.0. The fraction of sp³-hybridized carbons (Fsp3) is 0.294. The van der Waals surface area contributed by atoms with Gasteiger partial charge in [0.2, 0.25) is 0 Å². The number of amides is 1. The van der Waals surface area contributed by atoms with Crippen molar-refractivity contribution in [1.82, 2.24) is 9.88 Å². The van der Waals surface area contributed by atoms with Gasteiger partial charge in [-0.1, -0.05) is 30.3 Å². The van der Waals surface area contributed by atoms with E-state index >= 15 is 0 Å². The molecule has 5 nitrogen and oxygen atoms in total. The molecule has 0 unspecified atom stereocenters. The average molecular weight is 298 g/mol. The van der Waals surface area contributed by atoms with E-state index in [1.165, 1.54) is 6.20 Å². The van der Waals surface area contributed by atoms with Crippen molar-refractivity contribution in [2.75, 3.05) is 13.1 Å². The lowest BCUT2D eigenvalue weighted by atomic mass is 10.1. The van der Waals surface area contributed by atoms with Crippen LogP contribution in [0, 0.1) is 0 Å². The highest BCUT2D eigenvalue weighted by molar-refractivity contribution is 5.93. The molecule has 0 spiro atoms. The van der Waals surface area contributed by atoms with Gasteiger partial charge in [0.15, 0.2) is 0 Å². The Morgan fingerprint density at radius 1 is 1.18 bits per heavy atom. The zero-order chi connectivity index (χ0) is 15.5. The molecule has 1 fully saturated rings. The summed E-state index contributed by atoms with van der Waals surface area (Å²) in [6.07, 6.45) is 1.27. The third-order valence-electron chi connectivity index (χ3n) is 3.77. The first-order valence-corrected chi connectivity index (χ1v) is 7.32. The van der Waals surface area contributed by atoms with Crippen LogP contribution in [0.15, 0.2) is 53.5 Å². The molecule has 3 rings (SSSR count). The Kier molecular flexibility index (Phi) is 4.06. The molecule has 1 aliphatic heterocycles. The lowest BCUT2D eigenvalue weighted by Gasteiger charge is -2.37. The summed E-state index contributed by atoms with van der Waals surface area (Å²) < 4.78 is 5.94. The number of nitrogens with one attached hydrogen (secondary N) is 1. The number of hydrogen-bond donors (Lipinski definition) is 1. The normalized spacial score (nSPS) is 21.6. The van der Waals surface area contributed by atoms with Crippen LogP contribution in [0.2, 0.25) is 0 Å². The van der Waals surface area contributed by atoms with Crippen LogP contribution in [0.3, 0.4) is 0 Å². The van der Waals surface area contributed by atoms with E-state index in [2.05, 4.69) is 4.98 Å². The molecule has 1 aromatic heterocycles. The summed E-state index contributed by atoms with van der Waals surface area (Å²) in [5, 5.41) is 0. The van der Waals surface area contributed by atoms with Gasteiger partial charge in [-0.2, -0.15) is 0 Å². The monoisotopic (exact) mass is 298 g/mol. The predicted octanol–water partition coefficient (Wildman–Crippen LogP) is 1.98. The summed E-state index contributed by atoms with van der Waals surface area (Å²) in [6.45, 7) is 2.86. The SMILES string of the molecule is C[C@@H]1CN(C(=O)c2ccc[nH]c2=O)C[C@H](c2ccccc2)O1. The summed E-state index contributed by atoms with van der Waals surface area (Å²) in [4.78, 5) is 28.6. The molecular formula is C17H18N2O3. The summed E-state index contributed by atoms with van der Waals surface area (Å²) >= 11 is 0. The van der Waals surface area contributed by atoms with E-state index in [0.29, 0.717) is 13.1 Å². The van der Waals surface area contributed by atoms with E-state index in [4.69, 9.17) is 4.74 Å². The summed E-state index contributed by atoms with van der Waals surface area (Å²) in [7, 11) is 0. The van der Waals surface area contributed by atoms with E-state index in [-0.39, 0.29) is 29.2 Å². The quantitative estimate of drug-likeness (QED) is 0.922. The van der Waals surface area contributed by atoms with Crippen LogP contribution >= 0.6 is 0 Å². The zero-order valence-electron chi connectivity index (χ0n) is 12.4. The number of carbonyl (C=O) groups excluding carboxylic acids is 1. The lowest BCUT2D eigenvalue weighted by molar-refractivity contribution is -0.0692. The highest BCUT2D eigenvalue weighted by atomic mass is 16.5. The summed E-state index contributed by atoms with van der Waals surface area (Å²) in [5.41, 5.74) is 0.847. The number of carbonyl (C=O) groups is 1. The van der Waals surface area contributed by atoms with Gasteiger partial charge in [-0.3, -0.25) is 9.59 Å². The van der Waals surface area contributed by atoms with E-state index in [1.54, 1.807) is 17.0 Å². The van der Waals surface area contributed by atoms with Gasteiger partial charge in [0.05, 0.1) is 12.6 Å². The number of hydrogen-bond acceptors (Lipinski definition) is 3. The molecule has 1 saturated heterocycles. The van der Waals surface area contributed by atoms with Gasteiger partial charge in [-0.05, 0) is 24.6 Å². The Morgan fingerprint density at radius 2 is 1.95 bits per heavy atom. The minimum atomic E-state index is -0.358. The van der Waals surface area contributed by atoms with E-state index in [1.807, 2.05) is 37.3 Å². The predicted molar refractivity (Wildman–Crippen MR) is 82.7 cm³/mol. The Morgan fingerprint density at radius 3 is 2.68 bits per heavy atom. The third kappa shape index (κ3) is 2.94. The number of H-pyrrole nitrogens is 1. The van der Waals surface area contributed by atoms with Gasteiger partial charge in [-0.25, -0.2) is 0 Å². The zero-order valence-corrected chi connectivity index (χ0v) is 12.4. The second kappa shape index (κ2) is 6.15. The second-order valence-corrected chi connectivity index (χ2v) is 5.47. The van der Waals surface area contributed by atoms with Crippen molar-refractivity contribution in [1.29, 1.82) is 0 Å².